The molecule has 0 aliphatic heterocycles. The maximum absolute atomic E-state index is 4.47. The minimum Gasteiger partial charge on any atom is -0.261 e. The largest absolute Gasteiger partial charge is 0.261 e. The topological polar surface area (TPSA) is 12.9 Å². The third-order valence-corrected chi connectivity index (χ3v) is 5.90. The average molecular weight is 280 g/mol. The minimum atomic E-state index is 0.531. The van der Waals surface area contributed by atoms with Crippen molar-refractivity contribution in [2.24, 2.45) is 17.8 Å². The van der Waals surface area contributed by atoms with Gasteiger partial charge in [0, 0.05) is 22.6 Å². The Morgan fingerprint density at radius 3 is 2.62 bits per heavy atom. The molecule has 1 heterocycles. The van der Waals surface area contributed by atoms with Gasteiger partial charge in [0.2, 0.25) is 0 Å². The molecule has 0 amide bonds. The van der Waals surface area contributed by atoms with Crippen molar-refractivity contribution in [2.75, 3.05) is 0 Å². The zero-order chi connectivity index (χ0) is 11.1. The molecule has 0 spiro atoms. The maximum Gasteiger partial charge on any atom is 0.0442 e. The Hall–Kier alpha value is -0.370. The first-order chi connectivity index (χ1) is 7.75. The fraction of sp³-hybridized carbons (Fsp3) is 0.643. The van der Waals surface area contributed by atoms with Gasteiger partial charge in [-0.15, -0.1) is 0 Å². The molecule has 16 heavy (non-hydrogen) atoms. The molecule has 4 atom stereocenters. The lowest BCUT2D eigenvalue weighted by Crippen LogP contribution is -2.20. The van der Waals surface area contributed by atoms with Gasteiger partial charge in [-0.1, -0.05) is 28.9 Å². The Morgan fingerprint density at radius 2 is 2.00 bits per heavy atom. The van der Waals surface area contributed by atoms with Gasteiger partial charge in [-0.2, -0.15) is 0 Å². The molecule has 1 aromatic heterocycles. The molecule has 0 aromatic carbocycles. The summed E-state index contributed by atoms with van der Waals surface area (Å²) in [6.45, 7) is 2.30. The molecule has 0 N–H and O–H groups in total. The maximum atomic E-state index is 4.47. The lowest BCUT2D eigenvalue weighted by Gasteiger charge is -2.24. The van der Waals surface area contributed by atoms with Crippen molar-refractivity contribution in [3.05, 3.63) is 30.1 Å². The van der Waals surface area contributed by atoms with E-state index >= 15 is 0 Å². The van der Waals surface area contributed by atoms with E-state index in [4.69, 9.17) is 0 Å². The van der Waals surface area contributed by atoms with Crippen LogP contribution in [0.3, 0.4) is 0 Å². The molecule has 2 aliphatic rings. The van der Waals surface area contributed by atoms with Crippen LogP contribution in [0.25, 0.3) is 0 Å². The number of pyridine rings is 1. The second kappa shape index (κ2) is 4.14. The van der Waals surface area contributed by atoms with Crippen LogP contribution < -0.4 is 0 Å². The van der Waals surface area contributed by atoms with E-state index in [1.807, 2.05) is 12.3 Å². The normalized spacial score (nSPS) is 35.5. The van der Waals surface area contributed by atoms with Crippen molar-refractivity contribution in [1.82, 2.24) is 4.98 Å². The predicted octanol–water partition coefficient (Wildman–Crippen LogP) is 3.99. The molecule has 3 rings (SSSR count). The molecule has 2 aliphatic carbocycles. The van der Waals surface area contributed by atoms with Crippen molar-refractivity contribution in [3.8, 4) is 0 Å². The molecule has 2 fully saturated rings. The monoisotopic (exact) mass is 279 g/mol. The van der Waals surface area contributed by atoms with E-state index < -0.39 is 0 Å². The molecule has 1 aromatic rings. The van der Waals surface area contributed by atoms with E-state index in [1.54, 1.807) is 0 Å². The summed E-state index contributed by atoms with van der Waals surface area (Å²) in [5.74, 6) is 3.55. The SMILES string of the molecule is CC(c1ccccn1)C(Br)C1CC2CC2C1. The van der Waals surface area contributed by atoms with E-state index in [9.17, 15) is 0 Å². The van der Waals surface area contributed by atoms with Gasteiger partial charge in [0.1, 0.15) is 0 Å². The first-order valence-corrected chi connectivity index (χ1v) is 7.22. The van der Waals surface area contributed by atoms with Gasteiger partial charge in [-0.3, -0.25) is 4.98 Å². The minimum absolute atomic E-state index is 0.531. The molecule has 2 heteroatoms. The van der Waals surface area contributed by atoms with Crippen LogP contribution in [0.5, 0.6) is 0 Å². The van der Waals surface area contributed by atoms with Crippen molar-refractivity contribution >= 4 is 15.9 Å². The predicted molar refractivity (Wildman–Crippen MR) is 69.7 cm³/mol. The standard InChI is InChI=1S/C14H18BrN/c1-9(13-4-2-3-5-16-13)14(15)12-7-10-6-11(10)8-12/h2-5,9-12,14H,6-8H2,1H3. The van der Waals surface area contributed by atoms with Crippen molar-refractivity contribution in [2.45, 2.75) is 36.9 Å². The number of halogens is 1. The zero-order valence-corrected chi connectivity index (χ0v) is 11.2. The first-order valence-electron chi connectivity index (χ1n) is 6.30. The molecule has 2 saturated carbocycles. The van der Waals surface area contributed by atoms with Crippen LogP contribution in [0, 0.1) is 17.8 Å². The van der Waals surface area contributed by atoms with E-state index in [-0.39, 0.29) is 0 Å². The van der Waals surface area contributed by atoms with Gasteiger partial charge in [-0.05, 0) is 49.1 Å². The quantitative estimate of drug-likeness (QED) is 0.763. The summed E-state index contributed by atoms with van der Waals surface area (Å²) >= 11 is 3.91. The van der Waals surface area contributed by atoms with Crippen LogP contribution in [0.15, 0.2) is 24.4 Å². The highest BCUT2D eigenvalue weighted by molar-refractivity contribution is 9.09. The second-order valence-electron chi connectivity index (χ2n) is 5.48. The van der Waals surface area contributed by atoms with E-state index in [2.05, 4.69) is 40.0 Å². The van der Waals surface area contributed by atoms with Crippen molar-refractivity contribution in [1.29, 1.82) is 0 Å². The summed E-state index contributed by atoms with van der Waals surface area (Å²) in [5, 5.41) is 0. The Morgan fingerprint density at radius 1 is 1.25 bits per heavy atom. The van der Waals surface area contributed by atoms with Gasteiger partial charge in [0.15, 0.2) is 0 Å². The molecular weight excluding hydrogens is 262 g/mol. The molecule has 0 radical (unpaired) electrons. The number of hydrogen-bond donors (Lipinski definition) is 0. The Balaban J connectivity index is 1.68. The number of alkyl halides is 1. The third-order valence-electron chi connectivity index (χ3n) is 4.36. The fourth-order valence-corrected chi connectivity index (χ4v) is 3.94. The summed E-state index contributed by atoms with van der Waals surface area (Å²) in [6, 6.07) is 6.23. The van der Waals surface area contributed by atoms with Crippen LogP contribution in [-0.4, -0.2) is 9.81 Å². The number of nitrogens with zero attached hydrogens (tertiary/aromatic N) is 1. The van der Waals surface area contributed by atoms with E-state index in [0.717, 1.165) is 17.8 Å². The van der Waals surface area contributed by atoms with Gasteiger partial charge in [-0.25, -0.2) is 0 Å². The second-order valence-corrected chi connectivity index (χ2v) is 6.53. The number of rotatable bonds is 3. The highest BCUT2D eigenvalue weighted by Crippen LogP contribution is 2.57. The zero-order valence-electron chi connectivity index (χ0n) is 9.64. The molecule has 86 valence electrons. The summed E-state index contributed by atoms with van der Waals surface area (Å²) < 4.78 is 0. The van der Waals surface area contributed by atoms with Gasteiger partial charge in [0.05, 0.1) is 0 Å². The summed E-state index contributed by atoms with van der Waals surface area (Å²) in [7, 11) is 0. The smallest absolute Gasteiger partial charge is 0.0442 e. The number of fused-ring (bicyclic) bond motifs is 1. The van der Waals surface area contributed by atoms with Crippen LogP contribution in [0.1, 0.15) is 37.8 Å². The van der Waals surface area contributed by atoms with Crippen molar-refractivity contribution < 1.29 is 0 Å². The Bertz CT molecular complexity index is 354. The molecule has 4 unspecified atom stereocenters. The fourth-order valence-electron chi connectivity index (χ4n) is 3.24. The van der Waals surface area contributed by atoms with Crippen molar-refractivity contribution in [3.63, 3.8) is 0 Å². The number of hydrogen-bond acceptors (Lipinski definition) is 1. The summed E-state index contributed by atoms with van der Waals surface area (Å²) in [5.41, 5.74) is 1.23. The first kappa shape index (κ1) is 10.8. The molecule has 0 saturated heterocycles. The lowest BCUT2D eigenvalue weighted by atomic mass is 9.90. The van der Waals surface area contributed by atoms with Crippen LogP contribution in [0.2, 0.25) is 0 Å². The van der Waals surface area contributed by atoms with Gasteiger partial charge < -0.3 is 0 Å². The van der Waals surface area contributed by atoms with E-state index in [1.165, 1.54) is 25.0 Å². The number of aromatic nitrogens is 1. The molecular formula is C14H18BrN. The molecule has 1 nitrogen and oxygen atoms in total. The summed E-state index contributed by atoms with van der Waals surface area (Å²) in [4.78, 5) is 5.08. The van der Waals surface area contributed by atoms with Crippen LogP contribution in [-0.2, 0) is 0 Å². The third kappa shape index (κ3) is 1.92. The highest BCUT2D eigenvalue weighted by atomic mass is 79.9. The summed E-state index contributed by atoms with van der Waals surface area (Å²) in [6.07, 6.45) is 6.29. The van der Waals surface area contributed by atoms with Crippen LogP contribution in [0.4, 0.5) is 0 Å². The Labute approximate surface area is 106 Å². The highest BCUT2D eigenvalue weighted by Gasteiger charge is 2.48. The Kier molecular flexibility index (Phi) is 2.78. The average Bonchev–Trinajstić information content (AvgIpc) is 2.95. The lowest BCUT2D eigenvalue weighted by molar-refractivity contribution is 0.436. The van der Waals surface area contributed by atoms with Gasteiger partial charge >= 0.3 is 0 Å². The molecule has 0 bridgehead atoms. The van der Waals surface area contributed by atoms with E-state index in [0.29, 0.717) is 10.7 Å². The van der Waals surface area contributed by atoms with Crippen LogP contribution >= 0.6 is 15.9 Å². The van der Waals surface area contributed by atoms with Gasteiger partial charge in [0.25, 0.3) is 0 Å².